The molecule has 1 unspecified atom stereocenters. The Kier molecular flexibility index (Phi) is 6.30. The average Bonchev–Trinajstić information content (AvgIpc) is 2.98. The summed E-state index contributed by atoms with van der Waals surface area (Å²) in [7, 11) is 0. The highest BCUT2D eigenvalue weighted by Gasteiger charge is 2.50. The van der Waals surface area contributed by atoms with E-state index < -0.39 is 11.5 Å². The van der Waals surface area contributed by atoms with Crippen LogP contribution in [0.1, 0.15) is 54.2 Å². The van der Waals surface area contributed by atoms with Gasteiger partial charge >= 0.3 is 0 Å². The molecular formula is C28H28BrNO3. The normalized spacial score (nSPS) is 17.8. The van der Waals surface area contributed by atoms with Crippen molar-refractivity contribution < 1.29 is 14.7 Å². The highest BCUT2D eigenvalue weighted by atomic mass is 79.9. The van der Waals surface area contributed by atoms with Gasteiger partial charge in [0.15, 0.2) is 11.4 Å². The van der Waals surface area contributed by atoms with Crippen LogP contribution in [-0.2, 0) is 22.2 Å². The Labute approximate surface area is 203 Å². The van der Waals surface area contributed by atoms with Crippen LogP contribution >= 0.6 is 15.9 Å². The second-order valence-corrected chi connectivity index (χ2v) is 10.6. The molecule has 1 aliphatic rings. The molecule has 0 saturated heterocycles. The van der Waals surface area contributed by atoms with Crippen LogP contribution in [0.5, 0.6) is 0 Å². The van der Waals surface area contributed by atoms with Gasteiger partial charge in [-0.1, -0.05) is 91.3 Å². The molecule has 1 heterocycles. The molecule has 0 radical (unpaired) electrons. The zero-order valence-corrected chi connectivity index (χ0v) is 20.7. The molecule has 3 aromatic rings. The van der Waals surface area contributed by atoms with Crippen molar-refractivity contribution in [3.63, 3.8) is 0 Å². The lowest BCUT2D eigenvalue weighted by atomic mass is 9.85. The van der Waals surface area contributed by atoms with Crippen LogP contribution in [0.25, 0.3) is 0 Å². The Bertz CT molecular complexity index is 1180. The number of rotatable bonds is 6. The molecule has 1 N–H and O–H groups in total. The quantitative estimate of drug-likeness (QED) is 0.430. The van der Waals surface area contributed by atoms with E-state index in [-0.39, 0.29) is 17.6 Å². The molecule has 1 amide bonds. The molecule has 0 aliphatic carbocycles. The van der Waals surface area contributed by atoms with E-state index in [1.54, 1.807) is 23.1 Å². The number of ketones is 1. The highest BCUT2D eigenvalue weighted by Crippen LogP contribution is 2.44. The number of fused-ring (bicyclic) bond motifs is 1. The number of hydrogen-bond acceptors (Lipinski definition) is 3. The molecule has 4 rings (SSSR count). The lowest BCUT2D eigenvalue weighted by Gasteiger charge is -2.23. The van der Waals surface area contributed by atoms with Crippen LogP contribution in [-0.4, -0.2) is 23.3 Å². The Hall–Kier alpha value is -2.76. The van der Waals surface area contributed by atoms with Crippen molar-refractivity contribution in [1.29, 1.82) is 0 Å². The molecule has 0 aromatic heterocycles. The van der Waals surface area contributed by atoms with Gasteiger partial charge in [0.2, 0.25) is 0 Å². The number of halogens is 1. The molecule has 1 atom stereocenters. The summed E-state index contributed by atoms with van der Waals surface area (Å²) in [5.74, 6) is -0.715. The van der Waals surface area contributed by atoms with E-state index in [0.29, 0.717) is 29.8 Å². The zero-order valence-electron chi connectivity index (χ0n) is 19.1. The van der Waals surface area contributed by atoms with E-state index in [2.05, 4.69) is 36.7 Å². The maximum Gasteiger partial charge on any atom is 0.264 e. The molecule has 0 bridgehead atoms. The fourth-order valence-corrected chi connectivity index (χ4v) is 4.65. The Morgan fingerprint density at radius 3 is 2.30 bits per heavy atom. The van der Waals surface area contributed by atoms with Crippen molar-refractivity contribution in [2.45, 2.75) is 44.6 Å². The Morgan fingerprint density at radius 2 is 1.67 bits per heavy atom. The Morgan fingerprint density at radius 1 is 1.00 bits per heavy atom. The largest absolute Gasteiger partial charge is 0.375 e. The number of anilines is 1. The monoisotopic (exact) mass is 505 g/mol. The lowest BCUT2D eigenvalue weighted by Crippen LogP contribution is -2.42. The molecule has 170 valence electrons. The van der Waals surface area contributed by atoms with Crippen LogP contribution < -0.4 is 4.90 Å². The smallest absolute Gasteiger partial charge is 0.264 e. The predicted molar refractivity (Wildman–Crippen MR) is 135 cm³/mol. The second-order valence-electron chi connectivity index (χ2n) is 9.64. The van der Waals surface area contributed by atoms with Crippen LogP contribution in [0.4, 0.5) is 5.69 Å². The van der Waals surface area contributed by atoms with Gasteiger partial charge in [-0.2, -0.15) is 0 Å². The van der Waals surface area contributed by atoms with Crippen LogP contribution in [0.15, 0.2) is 77.3 Å². The van der Waals surface area contributed by atoms with Gasteiger partial charge in [-0.15, -0.1) is 0 Å². The standard InChI is InChI=1S/C28H28BrNO3/c1-27(2,3)21-11-9-20(10-12-21)25(31)18-28(33)23-17-22(29)13-14-24(23)30(26(28)32)16-15-19-7-5-4-6-8-19/h4-14,17,33H,15-16,18H2,1-3H3. The van der Waals surface area contributed by atoms with Crippen LogP contribution in [0.2, 0.25) is 0 Å². The van der Waals surface area contributed by atoms with E-state index in [1.807, 2.05) is 54.6 Å². The van der Waals surface area contributed by atoms with Crippen molar-refractivity contribution in [1.82, 2.24) is 0 Å². The molecule has 5 heteroatoms. The van der Waals surface area contributed by atoms with Crippen molar-refractivity contribution in [3.05, 3.63) is 99.5 Å². The first kappa shape index (κ1) is 23.4. The maximum absolute atomic E-state index is 13.5. The number of nitrogens with zero attached hydrogens (tertiary/aromatic N) is 1. The fraction of sp³-hybridized carbons (Fsp3) is 0.286. The minimum atomic E-state index is -1.89. The van der Waals surface area contributed by atoms with Crippen LogP contribution in [0.3, 0.4) is 0 Å². The molecular weight excluding hydrogens is 478 g/mol. The van der Waals surface area contributed by atoms with Gasteiger partial charge < -0.3 is 10.0 Å². The minimum Gasteiger partial charge on any atom is -0.375 e. The van der Waals surface area contributed by atoms with Crippen LogP contribution in [0, 0.1) is 0 Å². The number of benzene rings is 3. The van der Waals surface area contributed by atoms with E-state index in [9.17, 15) is 14.7 Å². The summed E-state index contributed by atoms with van der Waals surface area (Å²) in [6.45, 7) is 6.77. The average molecular weight is 506 g/mol. The third kappa shape index (κ3) is 4.66. The molecule has 0 saturated carbocycles. The molecule has 3 aromatic carbocycles. The molecule has 4 nitrogen and oxygen atoms in total. The van der Waals surface area contributed by atoms with Gasteiger partial charge in [-0.3, -0.25) is 9.59 Å². The molecule has 0 fully saturated rings. The van der Waals surface area contributed by atoms with Gasteiger partial charge in [-0.25, -0.2) is 0 Å². The fourth-order valence-electron chi connectivity index (χ4n) is 4.29. The maximum atomic E-state index is 13.5. The van der Waals surface area contributed by atoms with Crippen molar-refractivity contribution in [2.75, 3.05) is 11.4 Å². The first-order valence-corrected chi connectivity index (χ1v) is 11.9. The number of aliphatic hydroxyl groups is 1. The number of Topliss-reactive ketones (excluding diaryl/α,β-unsaturated/α-hetero) is 1. The topological polar surface area (TPSA) is 57.6 Å². The second kappa shape index (κ2) is 8.88. The van der Waals surface area contributed by atoms with Gasteiger partial charge in [0.05, 0.1) is 12.1 Å². The number of amides is 1. The Balaban J connectivity index is 1.61. The highest BCUT2D eigenvalue weighted by molar-refractivity contribution is 9.10. The van der Waals surface area contributed by atoms with Crippen molar-refractivity contribution >= 4 is 33.3 Å². The zero-order chi connectivity index (χ0) is 23.8. The molecule has 1 aliphatic heterocycles. The summed E-state index contributed by atoms with van der Waals surface area (Å²) in [4.78, 5) is 28.2. The lowest BCUT2D eigenvalue weighted by molar-refractivity contribution is -0.135. The molecule has 0 spiro atoms. The summed E-state index contributed by atoms with van der Waals surface area (Å²) in [6, 6.07) is 22.7. The number of hydrogen-bond donors (Lipinski definition) is 1. The summed E-state index contributed by atoms with van der Waals surface area (Å²) in [5, 5.41) is 11.6. The summed E-state index contributed by atoms with van der Waals surface area (Å²) in [5.41, 5.74) is 1.92. The number of carbonyl (C=O) groups is 2. The van der Waals surface area contributed by atoms with E-state index in [1.165, 1.54) is 0 Å². The summed E-state index contributed by atoms with van der Waals surface area (Å²) < 4.78 is 0.749. The number of carbonyl (C=O) groups excluding carboxylic acids is 2. The minimum absolute atomic E-state index is 0.0222. The van der Waals surface area contributed by atoms with Crippen molar-refractivity contribution in [2.24, 2.45) is 0 Å². The molecule has 33 heavy (non-hydrogen) atoms. The first-order valence-electron chi connectivity index (χ1n) is 11.1. The van der Waals surface area contributed by atoms with E-state index in [0.717, 1.165) is 15.6 Å². The third-order valence-corrected chi connectivity index (χ3v) is 6.74. The van der Waals surface area contributed by atoms with E-state index in [4.69, 9.17) is 0 Å². The SMILES string of the molecule is CC(C)(C)c1ccc(C(=O)CC2(O)C(=O)N(CCc3ccccc3)c3ccc(Br)cc32)cc1. The van der Waals surface area contributed by atoms with Gasteiger partial charge in [0, 0.05) is 22.1 Å². The third-order valence-electron chi connectivity index (χ3n) is 6.25. The first-order chi connectivity index (χ1) is 15.6. The van der Waals surface area contributed by atoms with Gasteiger partial charge in [-0.05, 0) is 41.2 Å². The van der Waals surface area contributed by atoms with Gasteiger partial charge in [0.1, 0.15) is 0 Å². The summed E-state index contributed by atoms with van der Waals surface area (Å²) >= 11 is 3.44. The van der Waals surface area contributed by atoms with Gasteiger partial charge in [0.25, 0.3) is 5.91 Å². The van der Waals surface area contributed by atoms with E-state index >= 15 is 0 Å². The van der Waals surface area contributed by atoms with Crippen molar-refractivity contribution in [3.8, 4) is 0 Å². The predicted octanol–water partition coefficient (Wildman–Crippen LogP) is 5.80. The summed E-state index contributed by atoms with van der Waals surface area (Å²) in [6.07, 6.45) is 0.354.